The predicted molar refractivity (Wildman–Crippen MR) is 83.7 cm³/mol. The van der Waals surface area contributed by atoms with Crippen molar-refractivity contribution in [3.63, 3.8) is 0 Å². The van der Waals surface area contributed by atoms with Crippen LogP contribution in [0.15, 0.2) is 18.2 Å². The lowest BCUT2D eigenvalue weighted by Gasteiger charge is -2.10. The maximum absolute atomic E-state index is 11.3. The third kappa shape index (κ3) is 5.65. The zero-order chi connectivity index (χ0) is 12.8. The molecule has 2 rings (SSSR count). The number of hydrogen-bond donors (Lipinski definition) is 1. The first-order chi connectivity index (χ1) is 8.79. The number of hydrogen-bond acceptors (Lipinski definition) is 4. The van der Waals surface area contributed by atoms with Gasteiger partial charge in [-0.2, -0.15) is 0 Å². The highest BCUT2D eigenvalue weighted by Gasteiger charge is 2.17. The van der Waals surface area contributed by atoms with Gasteiger partial charge in [0.25, 0.3) is 0 Å². The van der Waals surface area contributed by atoms with Crippen LogP contribution in [0.2, 0.25) is 0 Å². The van der Waals surface area contributed by atoms with Crippen molar-refractivity contribution in [2.24, 2.45) is 0 Å². The van der Waals surface area contributed by atoms with E-state index in [2.05, 4.69) is 16.4 Å². The zero-order valence-corrected chi connectivity index (χ0v) is 13.3. The summed E-state index contributed by atoms with van der Waals surface area (Å²) in [5.41, 5.74) is 2.06. The highest BCUT2D eigenvalue weighted by Crippen LogP contribution is 2.21. The molecule has 20 heavy (non-hydrogen) atoms. The topological polar surface area (TPSA) is 51.2 Å². The molecule has 1 aromatic heterocycles. The van der Waals surface area contributed by atoms with Crippen molar-refractivity contribution in [1.29, 1.82) is 0 Å². The number of nitrogens with one attached hydrogen (secondary N) is 1. The lowest BCUT2D eigenvalue weighted by molar-refractivity contribution is -0.143. The highest BCUT2D eigenvalue weighted by molar-refractivity contribution is 5.85. The van der Waals surface area contributed by atoms with E-state index in [1.807, 2.05) is 19.1 Å². The standard InChI is InChI=1S/C14H20N2O2.2ClH/c1-2-18-14(17)9-8-11-5-3-6-13(16-11)12-7-4-10-15-12;;/h3,5-6,12,15H,2,4,7-10H2,1H3;2*1H. The molecule has 6 heteroatoms. The average molecular weight is 321 g/mol. The molecular formula is C14H22Cl2N2O2. The Morgan fingerprint density at radius 2 is 2.25 bits per heavy atom. The van der Waals surface area contributed by atoms with Gasteiger partial charge in [-0.05, 0) is 38.4 Å². The third-order valence-corrected chi connectivity index (χ3v) is 3.14. The van der Waals surface area contributed by atoms with Crippen molar-refractivity contribution < 1.29 is 9.53 Å². The summed E-state index contributed by atoms with van der Waals surface area (Å²) in [6.07, 6.45) is 3.41. The summed E-state index contributed by atoms with van der Waals surface area (Å²) in [6, 6.07) is 6.42. The van der Waals surface area contributed by atoms with Crippen LogP contribution in [-0.2, 0) is 16.0 Å². The van der Waals surface area contributed by atoms with Crippen LogP contribution in [0.5, 0.6) is 0 Å². The van der Waals surface area contributed by atoms with Gasteiger partial charge < -0.3 is 10.1 Å². The molecule has 1 atom stereocenters. The molecule has 1 fully saturated rings. The van der Waals surface area contributed by atoms with Crippen LogP contribution in [0.25, 0.3) is 0 Å². The van der Waals surface area contributed by atoms with E-state index in [1.165, 1.54) is 6.42 Å². The number of nitrogens with zero attached hydrogens (tertiary/aromatic N) is 1. The molecule has 114 valence electrons. The summed E-state index contributed by atoms with van der Waals surface area (Å²) in [4.78, 5) is 15.9. The fourth-order valence-corrected chi connectivity index (χ4v) is 2.23. The lowest BCUT2D eigenvalue weighted by Crippen LogP contribution is -2.15. The number of carbonyl (C=O) groups is 1. The number of aromatic nitrogens is 1. The monoisotopic (exact) mass is 320 g/mol. The molecule has 1 aromatic rings. The van der Waals surface area contributed by atoms with Gasteiger partial charge in [0.05, 0.1) is 18.7 Å². The van der Waals surface area contributed by atoms with E-state index in [9.17, 15) is 4.79 Å². The molecule has 1 unspecified atom stereocenters. The SMILES string of the molecule is CCOC(=O)CCc1cccc(C2CCCN2)n1.Cl.Cl. The first kappa shape index (κ1) is 19.2. The number of pyridine rings is 1. The summed E-state index contributed by atoms with van der Waals surface area (Å²) in [6.45, 7) is 3.33. The van der Waals surface area contributed by atoms with Crippen LogP contribution in [0.4, 0.5) is 0 Å². The van der Waals surface area contributed by atoms with Crippen LogP contribution in [-0.4, -0.2) is 24.1 Å². The van der Waals surface area contributed by atoms with E-state index in [0.717, 1.165) is 24.4 Å². The molecule has 1 N–H and O–H groups in total. The Kier molecular flexibility index (Phi) is 9.55. The van der Waals surface area contributed by atoms with Crippen molar-refractivity contribution in [3.8, 4) is 0 Å². The molecular weight excluding hydrogens is 299 g/mol. The van der Waals surface area contributed by atoms with Gasteiger partial charge in [0, 0.05) is 18.2 Å². The number of carbonyl (C=O) groups excluding carboxylic acids is 1. The Labute approximate surface area is 132 Å². The van der Waals surface area contributed by atoms with Crippen LogP contribution >= 0.6 is 24.8 Å². The van der Waals surface area contributed by atoms with Gasteiger partial charge in [-0.25, -0.2) is 0 Å². The van der Waals surface area contributed by atoms with Crippen LogP contribution in [0, 0.1) is 0 Å². The fraction of sp³-hybridized carbons (Fsp3) is 0.571. The van der Waals surface area contributed by atoms with Gasteiger partial charge in [0.1, 0.15) is 0 Å². The van der Waals surface area contributed by atoms with Gasteiger partial charge in [0.15, 0.2) is 0 Å². The molecule has 0 saturated carbocycles. The van der Waals surface area contributed by atoms with Gasteiger partial charge >= 0.3 is 5.97 Å². The molecule has 0 radical (unpaired) electrons. The molecule has 0 spiro atoms. The summed E-state index contributed by atoms with van der Waals surface area (Å²) in [7, 11) is 0. The molecule has 0 bridgehead atoms. The molecule has 0 amide bonds. The minimum Gasteiger partial charge on any atom is -0.466 e. The normalized spacial score (nSPS) is 16.9. The smallest absolute Gasteiger partial charge is 0.306 e. The van der Waals surface area contributed by atoms with Crippen molar-refractivity contribution in [3.05, 3.63) is 29.6 Å². The molecule has 2 heterocycles. The second-order valence-electron chi connectivity index (χ2n) is 4.51. The van der Waals surface area contributed by atoms with Gasteiger partial charge in [-0.1, -0.05) is 6.07 Å². The van der Waals surface area contributed by atoms with Gasteiger partial charge in [0.2, 0.25) is 0 Å². The van der Waals surface area contributed by atoms with Crippen molar-refractivity contribution >= 4 is 30.8 Å². The minimum atomic E-state index is -0.149. The number of rotatable bonds is 5. The maximum atomic E-state index is 11.3. The second-order valence-corrected chi connectivity index (χ2v) is 4.51. The van der Waals surface area contributed by atoms with Crippen LogP contribution in [0.1, 0.15) is 43.6 Å². The number of halogens is 2. The summed E-state index contributed by atoms with van der Waals surface area (Å²) in [5.74, 6) is -0.149. The largest absolute Gasteiger partial charge is 0.466 e. The van der Waals surface area contributed by atoms with Gasteiger partial charge in [-0.3, -0.25) is 9.78 Å². The van der Waals surface area contributed by atoms with Gasteiger partial charge in [-0.15, -0.1) is 24.8 Å². The Morgan fingerprint density at radius 1 is 1.45 bits per heavy atom. The lowest BCUT2D eigenvalue weighted by atomic mass is 10.1. The Hall–Kier alpha value is -0.840. The Bertz CT molecular complexity index is 410. The van der Waals surface area contributed by atoms with Crippen molar-refractivity contribution in [2.75, 3.05) is 13.2 Å². The minimum absolute atomic E-state index is 0. The molecule has 0 aliphatic carbocycles. The molecule has 0 aromatic carbocycles. The predicted octanol–water partition coefficient (Wildman–Crippen LogP) is 2.85. The summed E-state index contributed by atoms with van der Waals surface area (Å²) >= 11 is 0. The molecule has 4 nitrogen and oxygen atoms in total. The summed E-state index contributed by atoms with van der Waals surface area (Å²) < 4.78 is 4.91. The van der Waals surface area contributed by atoms with E-state index in [0.29, 0.717) is 25.5 Å². The maximum Gasteiger partial charge on any atom is 0.306 e. The third-order valence-electron chi connectivity index (χ3n) is 3.14. The van der Waals surface area contributed by atoms with E-state index >= 15 is 0 Å². The first-order valence-corrected chi connectivity index (χ1v) is 6.64. The summed E-state index contributed by atoms with van der Waals surface area (Å²) in [5, 5.41) is 3.43. The van der Waals surface area contributed by atoms with Crippen LogP contribution in [0.3, 0.4) is 0 Å². The first-order valence-electron chi connectivity index (χ1n) is 6.64. The Morgan fingerprint density at radius 3 is 2.90 bits per heavy atom. The molecule has 1 aliphatic heterocycles. The zero-order valence-electron chi connectivity index (χ0n) is 11.6. The molecule has 1 aliphatic rings. The molecule has 1 saturated heterocycles. The number of esters is 1. The average Bonchev–Trinajstić information content (AvgIpc) is 2.91. The number of aryl methyl sites for hydroxylation is 1. The van der Waals surface area contributed by atoms with E-state index < -0.39 is 0 Å². The Balaban J connectivity index is 0.00000180. The van der Waals surface area contributed by atoms with E-state index in [4.69, 9.17) is 4.74 Å². The van der Waals surface area contributed by atoms with Crippen LogP contribution < -0.4 is 5.32 Å². The quantitative estimate of drug-likeness (QED) is 0.847. The van der Waals surface area contributed by atoms with Crippen molar-refractivity contribution in [1.82, 2.24) is 10.3 Å². The number of ether oxygens (including phenoxy) is 1. The van der Waals surface area contributed by atoms with E-state index in [-0.39, 0.29) is 30.8 Å². The van der Waals surface area contributed by atoms with Crippen molar-refractivity contribution in [2.45, 2.75) is 38.6 Å². The fourth-order valence-electron chi connectivity index (χ4n) is 2.23. The second kappa shape index (κ2) is 9.97. The van der Waals surface area contributed by atoms with E-state index in [1.54, 1.807) is 0 Å². The highest BCUT2D eigenvalue weighted by atomic mass is 35.5.